The van der Waals surface area contributed by atoms with E-state index in [0.29, 0.717) is 11.7 Å². The predicted octanol–water partition coefficient (Wildman–Crippen LogP) is 1.46. The zero-order valence-corrected chi connectivity index (χ0v) is 12.2. The van der Waals surface area contributed by atoms with E-state index in [2.05, 4.69) is 15.1 Å². The van der Waals surface area contributed by atoms with Crippen LogP contribution in [0.4, 0.5) is 5.82 Å². The topological polar surface area (TPSA) is 95.4 Å². The minimum absolute atomic E-state index is 0.0123. The molecule has 1 fully saturated rings. The molecule has 7 nitrogen and oxygen atoms in total. The molecular weight excluding hydrogens is 270 g/mol. The molecule has 0 saturated heterocycles. The van der Waals surface area contributed by atoms with Crippen molar-refractivity contribution < 1.29 is 9.53 Å². The third-order valence-electron chi connectivity index (χ3n) is 4.29. The predicted molar refractivity (Wildman–Crippen MR) is 76.6 cm³/mol. The molecule has 1 aliphatic carbocycles. The van der Waals surface area contributed by atoms with Crippen LogP contribution in [-0.4, -0.2) is 32.7 Å². The van der Waals surface area contributed by atoms with E-state index in [9.17, 15) is 4.79 Å². The Bertz CT molecular complexity index is 673. The second-order valence-corrected chi connectivity index (χ2v) is 5.53. The van der Waals surface area contributed by atoms with Crippen molar-refractivity contribution in [3.05, 3.63) is 17.8 Å². The number of nitrogen functional groups attached to an aromatic ring is 1. The summed E-state index contributed by atoms with van der Waals surface area (Å²) in [6.45, 7) is 1.92. The van der Waals surface area contributed by atoms with Crippen LogP contribution in [0.25, 0.3) is 5.52 Å². The van der Waals surface area contributed by atoms with Crippen molar-refractivity contribution in [3.8, 4) is 0 Å². The van der Waals surface area contributed by atoms with Crippen molar-refractivity contribution in [2.75, 3.05) is 12.8 Å². The standard InChI is InChI=1S/C14H19N5O2/c1-8-11-12(15)16-7-17-19(11)13(18-8)9-3-5-10(6-4-9)14(20)21-2/h7,9-10H,3-6H2,1-2H3,(H2,15,16,17). The van der Waals surface area contributed by atoms with Gasteiger partial charge in [-0.1, -0.05) is 0 Å². The number of hydrogen-bond acceptors (Lipinski definition) is 6. The van der Waals surface area contributed by atoms with Gasteiger partial charge in [0.1, 0.15) is 17.7 Å². The van der Waals surface area contributed by atoms with Gasteiger partial charge in [-0.15, -0.1) is 0 Å². The maximum absolute atomic E-state index is 11.6. The molecule has 0 aromatic carbocycles. The highest BCUT2D eigenvalue weighted by Crippen LogP contribution is 2.36. The molecule has 2 heterocycles. The second-order valence-electron chi connectivity index (χ2n) is 5.53. The summed E-state index contributed by atoms with van der Waals surface area (Å²) in [6.07, 6.45) is 4.91. The molecule has 0 unspecified atom stereocenters. The van der Waals surface area contributed by atoms with Crippen molar-refractivity contribution in [3.63, 3.8) is 0 Å². The van der Waals surface area contributed by atoms with Gasteiger partial charge in [-0.2, -0.15) is 5.10 Å². The second kappa shape index (κ2) is 5.31. The monoisotopic (exact) mass is 289 g/mol. The number of anilines is 1. The molecule has 0 amide bonds. The average Bonchev–Trinajstić information content (AvgIpc) is 2.85. The van der Waals surface area contributed by atoms with Crippen molar-refractivity contribution in [2.24, 2.45) is 5.92 Å². The van der Waals surface area contributed by atoms with Crippen LogP contribution in [0.15, 0.2) is 6.33 Å². The van der Waals surface area contributed by atoms with Crippen molar-refractivity contribution in [2.45, 2.75) is 38.5 Å². The first kappa shape index (κ1) is 13.8. The van der Waals surface area contributed by atoms with Crippen LogP contribution < -0.4 is 5.73 Å². The highest BCUT2D eigenvalue weighted by Gasteiger charge is 2.30. The number of nitrogens with two attached hydrogens (primary N) is 1. The van der Waals surface area contributed by atoms with E-state index in [1.807, 2.05) is 6.92 Å². The molecule has 0 bridgehead atoms. The third-order valence-corrected chi connectivity index (χ3v) is 4.29. The number of carbonyl (C=O) groups is 1. The smallest absolute Gasteiger partial charge is 0.308 e. The Kier molecular flexibility index (Phi) is 3.48. The van der Waals surface area contributed by atoms with Gasteiger partial charge in [0, 0.05) is 5.92 Å². The van der Waals surface area contributed by atoms with Crippen LogP contribution in [-0.2, 0) is 9.53 Å². The Balaban J connectivity index is 1.86. The highest BCUT2D eigenvalue weighted by atomic mass is 16.5. The normalized spacial score (nSPS) is 22.4. The van der Waals surface area contributed by atoms with Crippen LogP contribution in [0.1, 0.15) is 43.1 Å². The summed E-state index contributed by atoms with van der Waals surface area (Å²) >= 11 is 0. The Hall–Kier alpha value is -2.18. The van der Waals surface area contributed by atoms with Crippen LogP contribution >= 0.6 is 0 Å². The summed E-state index contributed by atoms with van der Waals surface area (Å²) in [6, 6.07) is 0. The van der Waals surface area contributed by atoms with Gasteiger partial charge >= 0.3 is 5.97 Å². The number of esters is 1. The number of imidazole rings is 1. The Morgan fingerprint density at radius 1 is 1.38 bits per heavy atom. The van der Waals surface area contributed by atoms with Crippen LogP contribution in [0.3, 0.4) is 0 Å². The quantitative estimate of drug-likeness (QED) is 0.841. The summed E-state index contributed by atoms with van der Waals surface area (Å²) in [4.78, 5) is 20.2. The van der Waals surface area contributed by atoms with Gasteiger partial charge in [-0.05, 0) is 32.6 Å². The van der Waals surface area contributed by atoms with Gasteiger partial charge in [0.05, 0.1) is 18.7 Å². The molecule has 0 aliphatic heterocycles. The number of aromatic nitrogens is 4. The zero-order chi connectivity index (χ0) is 15.0. The Labute approximate surface area is 122 Å². The molecule has 2 aromatic rings. The van der Waals surface area contributed by atoms with Crippen LogP contribution in [0.2, 0.25) is 0 Å². The van der Waals surface area contributed by atoms with E-state index >= 15 is 0 Å². The molecule has 1 saturated carbocycles. The number of rotatable bonds is 2. The van der Waals surface area contributed by atoms with E-state index in [1.54, 1.807) is 4.52 Å². The lowest BCUT2D eigenvalue weighted by molar-refractivity contribution is -0.146. The number of fused-ring (bicyclic) bond motifs is 1. The van der Waals surface area contributed by atoms with E-state index in [-0.39, 0.29) is 11.9 Å². The first-order chi connectivity index (χ1) is 10.1. The summed E-state index contributed by atoms with van der Waals surface area (Å²) in [7, 11) is 1.44. The van der Waals surface area contributed by atoms with Crippen molar-refractivity contribution >= 4 is 17.3 Å². The fraction of sp³-hybridized carbons (Fsp3) is 0.571. The number of carbonyl (C=O) groups excluding carboxylic acids is 1. The first-order valence-electron chi connectivity index (χ1n) is 7.15. The largest absolute Gasteiger partial charge is 0.469 e. The number of nitrogens with zero attached hydrogens (tertiary/aromatic N) is 4. The molecule has 21 heavy (non-hydrogen) atoms. The van der Waals surface area contributed by atoms with Gasteiger partial charge in [0.2, 0.25) is 0 Å². The fourth-order valence-corrected chi connectivity index (χ4v) is 3.17. The average molecular weight is 289 g/mol. The van der Waals surface area contributed by atoms with E-state index in [4.69, 9.17) is 10.5 Å². The highest BCUT2D eigenvalue weighted by molar-refractivity contribution is 5.72. The number of methoxy groups -OCH3 is 1. The number of ether oxygens (including phenoxy) is 1. The van der Waals surface area contributed by atoms with Gasteiger partial charge in [-0.3, -0.25) is 4.79 Å². The molecule has 3 rings (SSSR count). The maximum Gasteiger partial charge on any atom is 0.308 e. The molecule has 0 spiro atoms. The minimum atomic E-state index is -0.107. The summed E-state index contributed by atoms with van der Waals surface area (Å²) in [5.74, 6) is 1.56. The van der Waals surface area contributed by atoms with Crippen LogP contribution in [0, 0.1) is 12.8 Å². The molecule has 7 heteroatoms. The van der Waals surface area contributed by atoms with Gasteiger partial charge in [0.25, 0.3) is 0 Å². The molecule has 2 N–H and O–H groups in total. The fourth-order valence-electron chi connectivity index (χ4n) is 3.17. The van der Waals surface area contributed by atoms with Gasteiger partial charge < -0.3 is 10.5 Å². The molecule has 0 radical (unpaired) electrons. The molecule has 2 aromatic heterocycles. The Morgan fingerprint density at radius 3 is 2.76 bits per heavy atom. The SMILES string of the molecule is COC(=O)C1CCC(c2nc(C)c3c(N)ncnn23)CC1. The van der Waals surface area contributed by atoms with Gasteiger partial charge in [0.15, 0.2) is 5.82 Å². The van der Waals surface area contributed by atoms with E-state index in [1.165, 1.54) is 13.4 Å². The van der Waals surface area contributed by atoms with Crippen molar-refractivity contribution in [1.29, 1.82) is 0 Å². The van der Waals surface area contributed by atoms with Crippen LogP contribution in [0.5, 0.6) is 0 Å². The molecular formula is C14H19N5O2. The lowest BCUT2D eigenvalue weighted by Crippen LogP contribution is -2.23. The van der Waals surface area contributed by atoms with Gasteiger partial charge in [-0.25, -0.2) is 14.5 Å². The van der Waals surface area contributed by atoms with E-state index in [0.717, 1.165) is 42.7 Å². The molecule has 1 aliphatic rings. The summed E-state index contributed by atoms with van der Waals surface area (Å²) in [5, 5.41) is 4.28. The third kappa shape index (κ3) is 2.32. The lowest BCUT2D eigenvalue weighted by Gasteiger charge is -2.25. The molecule has 0 atom stereocenters. The van der Waals surface area contributed by atoms with Crippen molar-refractivity contribution in [1.82, 2.24) is 19.6 Å². The zero-order valence-electron chi connectivity index (χ0n) is 12.2. The Morgan fingerprint density at radius 2 is 2.10 bits per heavy atom. The maximum atomic E-state index is 11.6. The lowest BCUT2D eigenvalue weighted by atomic mass is 9.81. The number of aryl methyl sites for hydroxylation is 1. The number of hydrogen-bond donors (Lipinski definition) is 1. The summed E-state index contributed by atoms with van der Waals surface area (Å²) in [5.41, 5.74) is 7.53. The summed E-state index contributed by atoms with van der Waals surface area (Å²) < 4.78 is 6.62. The van der Waals surface area contributed by atoms with E-state index < -0.39 is 0 Å². The first-order valence-corrected chi connectivity index (χ1v) is 7.15. The molecule has 112 valence electrons. The minimum Gasteiger partial charge on any atom is -0.469 e.